The molecule has 5 nitrogen and oxygen atoms in total. The Morgan fingerprint density at radius 2 is 2.17 bits per heavy atom. The Balaban J connectivity index is 1.78. The molecule has 0 aliphatic carbocycles. The second-order valence-corrected chi connectivity index (χ2v) is 6.58. The molecule has 126 valence electrons. The van der Waals surface area contributed by atoms with Gasteiger partial charge < -0.3 is 16.2 Å². The highest BCUT2D eigenvalue weighted by Crippen LogP contribution is 2.29. The van der Waals surface area contributed by atoms with Crippen molar-refractivity contribution < 1.29 is 9.90 Å². The van der Waals surface area contributed by atoms with Gasteiger partial charge in [-0.05, 0) is 12.0 Å². The molecule has 1 aromatic rings. The molecule has 0 aromatic heterocycles. The number of hydrogen-bond acceptors (Lipinski definition) is 4. The van der Waals surface area contributed by atoms with Crippen LogP contribution in [0.5, 0.6) is 0 Å². The predicted octanol–water partition coefficient (Wildman–Crippen LogP) is 0.322. The fourth-order valence-electron chi connectivity index (χ4n) is 3.32. The van der Waals surface area contributed by atoms with Gasteiger partial charge in [0.1, 0.15) is 13.4 Å². The van der Waals surface area contributed by atoms with E-state index in [0.717, 1.165) is 45.3 Å². The van der Waals surface area contributed by atoms with Crippen LogP contribution >= 0.6 is 0 Å². The predicted molar refractivity (Wildman–Crippen MR) is 95.2 cm³/mol. The SMILES string of the molecule is BCCC[C@H]1CN(CCNCc2ccccc2)C[C@@]1(N)C(=O)O. The first-order valence-corrected chi connectivity index (χ1v) is 8.55. The Kier molecular flexibility index (Phi) is 6.63. The summed E-state index contributed by atoms with van der Waals surface area (Å²) in [5, 5.41) is 12.9. The fraction of sp³-hybridized carbons (Fsp3) is 0.588. The van der Waals surface area contributed by atoms with Crippen LogP contribution in [0.2, 0.25) is 6.32 Å². The molecule has 1 aliphatic heterocycles. The average molecular weight is 317 g/mol. The summed E-state index contributed by atoms with van der Waals surface area (Å²) < 4.78 is 0. The smallest absolute Gasteiger partial charge is 0.325 e. The molecular formula is C17H28BN3O2. The van der Waals surface area contributed by atoms with Crippen molar-refractivity contribution in [1.29, 1.82) is 0 Å². The van der Waals surface area contributed by atoms with Gasteiger partial charge in [-0.25, -0.2) is 0 Å². The van der Waals surface area contributed by atoms with E-state index >= 15 is 0 Å². The maximum atomic E-state index is 11.6. The number of carboxylic acids is 1. The lowest BCUT2D eigenvalue weighted by Gasteiger charge is -2.25. The van der Waals surface area contributed by atoms with E-state index in [1.54, 1.807) is 0 Å². The van der Waals surface area contributed by atoms with Gasteiger partial charge in [0.25, 0.3) is 0 Å². The van der Waals surface area contributed by atoms with Gasteiger partial charge in [0.2, 0.25) is 0 Å². The summed E-state index contributed by atoms with van der Waals surface area (Å²) in [5.41, 5.74) is 6.38. The highest BCUT2D eigenvalue weighted by Gasteiger charge is 2.48. The van der Waals surface area contributed by atoms with Crippen molar-refractivity contribution in [3.05, 3.63) is 35.9 Å². The first kappa shape index (κ1) is 18.0. The molecule has 1 heterocycles. The van der Waals surface area contributed by atoms with Gasteiger partial charge in [0.05, 0.1) is 0 Å². The summed E-state index contributed by atoms with van der Waals surface area (Å²) in [6, 6.07) is 10.3. The summed E-state index contributed by atoms with van der Waals surface area (Å²) in [5.74, 6) is -0.813. The number of aliphatic carboxylic acids is 1. The lowest BCUT2D eigenvalue weighted by molar-refractivity contribution is -0.144. The van der Waals surface area contributed by atoms with Crippen LogP contribution in [0.25, 0.3) is 0 Å². The number of likely N-dealkylation sites (tertiary alicyclic amines) is 1. The summed E-state index contributed by atoms with van der Waals surface area (Å²) in [7, 11) is 2.12. The summed E-state index contributed by atoms with van der Waals surface area (Å²) >= 11 is 0. The second-order valence-electron chi connectivity index (χ2n) is 6.58. The van der Waals surface area contributed by atoms with Crippen LogP contribution < -0.4 is 11.1 Å². The Morgan fingerprint density at radius 1 is 1.43 bits per heavy atom. The highest BCUT2D eigenvalue weighted by atomic mass is 16.4. The van der Waals surface area contributed by atoms with Crippen LogP contribution in [0.4, 0.5) is 0 Å². The van der Waals surface area contributed by atoms with E-state index in [-0.39, 0.29) is 5.92 Å². The molecule has 2 atom stereocenters. The Hall–Kier alpha value is -1.37. The third-order valence-electron chi connectivity index (χ3n) is 4.77. The molecule has 0 saturated carbocycles. The van der Waals surface area contributed by atoms with Crippen LogP contribution in [-0.4, -0.2) is 55.5 Å². The van der Waals surface area contributed by atoms with E-state index in [0.29, 0.717) is 6.54 Å². The molecule has 1 aromatic carbocycles. The maximum Gasteiger partial charge on any atom is 0.325 e. The lowest BCUT2D eigenvalue weighted by atomic mass is 9.83. The highest BCUT2D eigenvalue weighted by molar-refractivity contribution is 6.08. The maximum absolute atomic E-state index is 11.6. The third kappa shape index (κ3) is 4.80. The fourth-order valence-corrected chi connectivity index (χ4v) is 3.32. The minimum atomic E-state index is -1.09. The van der Waals surface area contributed by atoms with Crippen molar-refractivity contribution in [1.82, 2.24) is 10.2 Å². The van der Waals surface area contributed by atoms with Gasteiger partial charge in [0, 0.05) is 38.6 Å². The van der Waals surface area contributed by atoms with E-state index in [1.165, 1.54) is 5.56 Å². The molecule has 2 rings (SSSR count). The van der Waals surface area contributed by atoms with E-state index in [4.69, 9.17) is 5.73 Å². The van der Waals surface area contributed by atoms with E-state index in [1.807, 2.05) is 18.2 Å². The minimum absolute atomic E-state index is 0.0501. The number of hydrogen-bond donors (Lipinski definition) is 3. The zero-order valence-corrected chi connectivity index (χ0v) is 14.0. The largest absolute Gasteiger partial charge is 0.480 e. The zero-order chi connectivity index (χ0) is 16.7. The zero-order valence-electron chi connectivity index (χ0n) is 14.0. The Bertz CT molecular complexity index is 500. The van der Waals surface area contributed by atoms with Gasteiger partial charge in [0.15, 0.2) is 0 Å². The minimum Gasteiger partial charge on any atom is -0.480 e. The molecule has 0 unspecified atom stereocenters. The molecule has 6 heteroatoms. The summed E-state index contributed by atoms with van der Waals surface area (Å²) in [4.78, 5) is 13.8. The van der Waals surface area contributed by atoms with Crippen molar-refractivity contribution in [3.63, 3.8) is 0 Å². The molecule has 0 bridgehead atoms. The number of benzene rings is 1. The Morgan fingerprint density at radius 3 is 2.83 bits per heavy atom. The van der Waals surface area contributed by atoms with Crippen LogP contribution in [0.15, 0.2) is 30.3 Å². The van der Waals surface area contributed by atoms with Gasteiger partial charge >= 0.3 is 5.97 Å². The molecule has 0 radical (unpaired) electrons. The summed E-state index contributed by atoms with van der Waals surface area (Å²) in [6.07, 6.45) is 3.01. The normalized spacial score (nSPS) is 24.8. The van der Waals surface area contributed by atoms with Crippen molar-refractivity contribution in [3.8, 4) is 0 Å². The Labute approximate surface area is 139 Å². The molecular weight excluding hydrogens is 289 g/mol. The van der Waals surface area contributed by atoms with Gasteiger partial charge in [-0.1, -0.05) is 43.1 Å². The number of nitrogens with zero attached hydrogens (tertiary/aromatic N) is 1. The van der Waals surface area contributed by atoms with E-state index in [2.05, 4.69) is 30.2 Å². The monoisotopic (exact) mass is 317 g/mol. The molecule has 23 heavy (non-hydrogen) atoms. The van der Waals surface area contributed by atoms with Crippen molar-refractivity contribution in [2.24, 2.45) is 11.7 Å². The first-order valence-electron chi connectivity index (χ1n) is 8.55. The quantitative estimate of drug-likeness (QED) is 0.452. The molecule has 1 fully saturated rings. The van der Waals surface area contributed by atoms with Crippen LogP contribution in [-0.2, 0) is 11.3 Å². The molecule has 1 saturated heterocycles. The number of carboxylic acid groups (broad SMARTS) is 1. The topological polar surface area (TPSA) is 78.6 Å². The van der Waals surface area contributed by atoms with Gasteiger partial charge in [-0.3, -0.25) is 9.69 Å². The van der Waals surface area contributed by atoms with Crippen molar-refractivity contribution >= 4 is 13.8 Å². The number of rotatable bonds is 9. The second kappa shape index (κ2) is 8.48. The van der Waals surface area contributed by atoms with Gasteiger partial charge in [-0.2, -0.15) is 0 Å². The molecule has 0 spiro atoms. The lowest BCUT2D eigenvalue weighted by Crippen LogP contribution is -2.54. The summed E-state index contributed by atoms with van der Waals surface area (Å²) in [6.45, 7) is 3.74. The average Bonchev–Trinajstić information content (AvgIpc) is 2.88. The molecule has 1 aliphatic rings. The van der Waals surface area contributed by atoms with Crippen LogP contribution in [0.3, 0.4) is 0 Å². The molecule has 4 N–H and O–H groups in total. The number of nitrogens with one attached hydrogen (secondary N) is 1. The van der Waals surface area contributed by atoms with E-state index < -0.39 is 11.5 Å². The van der Waals surface area contributed by atoms with Crippen LogP contribution in [0.1, 0.15) is 18.4 Å². The molecule has 0 amide bonds. The third-order valence-corrected chi connectivity index (χ3v) is 4.77. The van der Waals surface area contributed by atoms with Crippen molar-refractivity contribution in [2.45, 2.75) is 31.2 Å². The first-order chi connectivity index (χ1) is 11.1. The standard InChI is InChI=1S/C17H28BN3O2/c18-8-4-7-15-12-21(13-17(15,19)16(22)23)10-9-20-11-14-5-2-1-3-6-14/h1-3,5-6,15,20H,4,7-13,18-19H2,(H,22,23)/t15-,17-/m0/s1. The van der Waals surface area contributed by atoms with Gasteiger partial charge in [-0.15, -0.1) is 0 Å². The number of nitrogens with two attached hydrogens (primary N) is 1. The van der Waals surface area contributed by atoms with Crippen LogP contribution in [0, 0.1) is 5.92 Å². The van der Waals surface area contributed by atoms with E-state index in [9.17, 15) is 9.90 Å². The van der Waals surface area contributed by atoms with Crippen molar-refractivity contribution in [2.75, 3.05) is 26.2 Å². The number of carbonyl (C=O) groups is 1.